The summed E-state index contributed by atoms with van der Waals surface area (Å²) < 4.78 is 27.4. The van der Waals surface area contributed by atoms with E-state index >= 15 is 0 Å². The Morgan fingerprint density at radius 3 is 2.59 bits per heavy atom. The molecular weight excluding hydrogens is 468 g/mol. The van der Waals surface area contributed by atoms with Gasteiger partial charge in [0.2, 0.25) is 5.91 Å². The molecule has 2 aliphatic rings. The maximum absolute atomic E-state index is 13.9. The number of H-pyrrole nitrogens is 1. The van der Waals surface area contributed by atoms with Gasteiger partial charge < -0.3 is 20.5 Å². The molecule has 34 heavy (non-hydrogen) atoms. The van der Waals surface area contributed by atoms with Crippen LogP contribution in [0, 0.1) is 17.0 Å². The van der Waals surface area contributed by atoms with Crippen molar-refractivity contribution in [2.75, 3.05) is 18.0 Å². The van der Waals surface area contributed by atoms with Gasteiger partial charge in [-0.3, -0.25) is 14.4 Å². The smallest absolute Gasteiger partial charge is 0.275 e. The number of rotatable bonds is 5. The first-order valence-corrected chi connectivity index (χ1v) is 11.7. The van der Waals surface area contributed by atoms with Crippen LogP contribution in [0.2, 0.25) is 5.02 Å². The second-order valence-electron chi connectivity index (χ2n) is 8.87. The molecule has 2 fully saturated rings. The van der Waals surface area contributed by atoms with Gasteiger partial charge in [-0.25, -0.2) is 13.8 Å². The molecule has 1 aliphatic heterocycles. The highest BCUT2D eigenvalue weighted by atomic mass is 35.5. The summed E-state index contributed by atoms with van der Waals surface area (Å²) in [6, 6.07) is 1.73. The zero-order valence-electron chi connectivity index (χ0n) is 18.7. The van der Waals surface area contributed by atoms with Crippen LogP contribution in [-0.4, -0.2) is 51.7 Å². The summed E-state index contributed by atoms with van der Waals surface area (Å²) in [6.45, 7) is 2.63. The van der Waals surface area contributed by atoms with Crippen molar-refractivity contribution in [1.29, 1.82) is 0 Å². The van der Waals surface area contributed by atoms with Crippen LogP contribution in [0.25, 0.3) is 0 Å². The topological polar surface area (TPSA) is 112 Å². The van der Waals surface area contributed by atoms with E-state index in [1.807, 2.05) is 6.92 Å². The van der Waals surface area contributed by atoms with Gasteiger partial charge in [0.05, 0.1) is 17.0 Å². The van der Waals surface area contributed by atoms with E-state index in [9.17, 15) is 23.2 Å². The van der Waals surface area contributed by atoms with Crippen LogP contribution in [0.4, 0.5) is 14.5 Å². The normalized spacial score (nSPS) is 22.8. The molecule has 2 aromatic rings. The predicted octanol–water partition coefficient (Wildman–Crippen LogP) is 3.66. The van der Waals surface area contributed by atoms with Gasteiger partial charge in [0.15, 0.2) is 17.3 Å². The van der Waals surface area contributed by atoms with E-state index in [-0.39, 0.29) is 40.0 Å². The lowest BCUT2D eigenvalue weighted by Crippen LogP contribution is -2.53. The third-order valence-corrected chi connectivity index (χ3v) is 7.36. The van der Waals surface area contributed by atoms with E-state index < -0.39 is 23.0 Å². The number of carbonyl (C=O) groups excluding carboxylic acids is 3. The molecule has 1 saturated carbocycles. The molecule has 1 aromatic heterocycles. The van der Waals surface area contributed by atoms with E-state index in [2.05, 4.69) is 9.97 Å². The number of imidazole rings is 1. The van der Waals surface area contributed by atoms with Crippen molar-refractivity contribution in [1.82, 2.24) is 14.9 Å². The van der Waals surface area contributed by atoms with Crippen molar-refractivity contribution in [3.8, 4) is 0 Å². The van der Waals surface area contributed by atoms with Crippen LogP contribution in [0.5, 0.6) is 0 Å². The number of benzene rings is 1. The Kier molecular flexibility index (Phi) is 6.62. The van der Waals surface area contributed by atoms with Gasteiger partial charge in [-0.15, -0.1) is 0 Å². The molecule has 1 spiro atoms. The van der Waals surface area contributed by atoms with Crippen LogP contribution in [0.3, 0.4) is 0 Å². The number of hydrogen-bond acceptors (Lipinski definition) is 4. The van der Waals surface area contributed by atoms with Crippen LogP contribution < -0.4 is 10.6 Å². The van der Waals surface area contributed by atoms with Gasteiger partial charge in [-0.1, -0.05) is 11.6 Å². The second kappa shape index (κ2) is 9.32. The minimum atomic E-state index is -1.06. The molecule has 0 bridgehead atoms. The number of anilines is 1. The standard InChI is InChI=1S/C23H26ClF2N5O3/c1-2-30(21(33)19-18(20(27)32)28-12-29-19)13-4-7-23(8-5-13)6-3-9-31(22(23)34)17-11-16(26)15(25)10-14(17)24/h10-13H,2-9H2,1H3,(H2,27,32)(H,28,29)/t13-,23-. The number of amides is 3. The van der Waals surface area contributed by atoms with E-state index in [1.165, 1.54) is 11.2 Å². The van der Waals surface area contributed by atoms with E-state index in [4.69, 9.17) is 17.3 Å². The maximum Gasteiger partial charge on any atom is 0.275 e. The van der Waals surface area contributed by atoms with Gasteiger partial charge >= 0.3 is 0 Å². The number of nitrogens with zero attached hydrogens (tertiary/aromatic N) is 3. The number of aromatic nitrogens is 2. The third kappa shape index (κ3) is 4.15. The molecular formula is C23H26ClF2N5O3. The fourth-order valence-electron chi connectivity index (χ4n) is 5.30. The highest BCUT2D eigenvalue weighted by Crippen LogP contribution is 2.47. The number of carbonyl (C=O) groups is 3. The maximum atomic E-state index is 13.9. The second-order valence-corrected chi connectivity index (χ2v) is 9.28. The fourth-order valence-corrected chi connectivity index (χ4v) is 5.55. The molecule has 4 rings (SSSR count). The summed E-state index contributed by atoms with van der Waals surface area (Å²) in [6.07, 6.45) is 4.90. The number of primary amides is 1. The molecule has 3 amide bonds. The quantitative estimate of drug-likeness (QED) is 0.619. The SMILES string of the molecule is CCN(C(=O)c1nc[nH]c1C(N)=O)[C@H]1CC[C@@]2(CCCN(c3cc(F)c(F)cc3Cl)C2=O)CC1. The summed E-state index contributed by atoms with van der Waals surface area (Å²) in [5.74, 6) is -3.41. The molecule has 1 saturated heterocycles. The average Bonchev–Trinajstić information content (AvgIpc) is 3.31. The number of piperidine rings is 1. The molecule has 182 valence electrons. The Morgan fingerprint density at radius 1 is 1.26 bits per heavy atom. The fraction of sp³-hybridized carbons (Fsp3) is 0.478. The van der Waals surface area contributed by atoms with E-state index in [1.54, 1.807) is 4.90 Å². The number of nitrogens with one attached hydrogen (secondary N) is 1. The minimum absolute atomic E-state index is 0.00926. The van der Waals surface area contributed by atoms with Crippen LogP contribution >= 0.6 is 11.6 Å². The first-order chi connectivity index (χ1) is 16.2. The Hall–Kier alpha value is -3.01. The van der Waals surface area contributed by atoms with Crippen molar-refractivity contribution in [2.24, 2.45) is 11.1 Å². The van der Waals surface area contributed by atoms with Crippen LogP contribution in [0.15, 0.2) is 18.5 Å². The Labute approximate surface area is 200 Å². The van der Waals surface area contributed by atoms with E-state index in [0.29, 0.717) is 51.6 Å². The van der Waals surface area contributed by atoms with E-state index in [0.717, 1.165) is 12.1 Å². The largest absolute Gasteiger partial charge is 0.364 e. The molecule has 1 aromatic carbocycles. The summed E-state index contributed by atoms with van der Waals surface area (Å²) in [5, 5.41) is -0.00926. The lowest BCUT2D eigenvalue weighted by molar-refractivity contribution is -0.133. The van der Waals surface area contributed by atoms with Crippen molar-refractivity contribution >= 4 is 35.0 Å². The summed E-state index contributed by atoms with van der Waals surface area (Å²) in [5.41, 5.74) is 4.83. The molecule has 1 aliphatic carbocycles. The molecule has 3 N–H and O–H groups in total. The summed E-state index contributed by atoms with van der Waals surface area (Å²) >= 11 is 6.14. The summed E-state index contributed by atoms with van der Waals surface area (Å²) in [4.78, 5) is 48.0. The number of nitrogens with two attached hydrogens (primary N) is 1. The average molecular weight is 494 g/mol. The Bertz CT molecular complexity index is 1130. The number of halogens is 3. The summed E-state index contributed by atoms with van der Waals surface area (Å²) in [7, 11) is 0. The van der Waals surface area contributed by atoms with Crippen molar-refractivity contribution in [3.63, 3.8) is 0 Å². The number of hydrogen-bond donors (Lipinski definition) is 2. The Balaban J connectivity index is 1.51. The van der Waals surface area contributed by atoms with Crippen molar-refractivity contribution in [3.05, 3.63) is 46.5 Å². The molecule has 11 heteroatoms. The predicted molar refractivity (Wildman–Crippen MR) is 121 cm³/mol. The molecule has 0 radical (unpaired) electrons. The zero-order chi connectivity index (χ0) is 24.6. The van der Waals surface area contributed by atoms with Gasteiger partial charge in [-0.2, -0.15) is 0 Å². The highest BCUT2D eigenvalue weighted by molar-refractivity contribution is 6.33. The first kappa shape index (κ1) is 24.1. The lowest BCUT2D eigenvalue weighted by atomic mass is 9.67. The minimum Gasteiger partial charge on any atom is -0.364 e. The molecule has 0 unspecified atom stereocenters. The van der Waals surface area contributed by atoms with Gasteiger partial charge in [0.1, 0.15) is 5.69 Å². The zero-order valence-corrected chi connectivity index (χ0v) is 19.5. The molecule has 2 heterocycles. The monoisotopic (exact) mass is 493 g/mol. The van der Waals surface area contributed by atoms with Crippen LogP contribution in [-0.2, 0) is 4.79 Å². The highest BCUT2D eigenvalue weighted by Gasteiger charge is 2.48. The van der Waals surface area contributed by atoms with Gasteiger partial charge in [-0.05, 0) is 51.5 Å². The molecule has 0 atom stereocenters. The van der Waals surface area contributed by atoms with Crippen LogP contribution in [0.1, 0.15) is 66.4 Å². The van der Waals surface area contributed by atoms with Crippen molar-refractivity contribution < 1.29 is 23.2 Å². The number of aromatic amines is 1. The third-order valence-electron chi connectivity index (χ3n) is 7.06. The Morgan fingerprint density at radius 2 is 1.94 bits per heavy atom. The lowest BCUT2D eigenvalue weighted by Gasteiger charge is -2.47. The molecule has 8 nitrogen and oxygen atoms in total. The van der Waals surface area contributed by atoms with Gasteiger partial charge in [0, 0.05) is 30.6 Å². The first-order valence-electron chi connectivity index (χ1n) is 11.3. The van der Waals surface area contributed by atoms with Crippen molar-refractivity contribution in [2.45, 2.75) is 51.5 Å². The van der Waals surface area contributed by atoms with Gasteiger partial charge in [0.25, 0.3) is 11.8 Å².